The van der Waals surface area contributed by atoms with E-state index in [0.29, 0.717) is 25.6 Å². The molecule has 1 aliphatic rings. The van der Waals surface area contributed by atoms with Gasteiger partial charge < -0.3 is 5.32 Å². The van der Waals surface area contributed by atoms with Gasteiger partial charge in [0.15, 0.2) is 16.7 Å². The molecule has 1 N–H and O–H groups in total. The quantitative estimate of drug-likeness (QED) is 0.748. The molecule has 1 aliphatic carbocycles. The first-order valence-electron chi connectivity index (χ1n) is 7.85. The first kappa shape index (κ1) is 18.2. The van der Waals surface area contributed by atoms with Gasteiger partial charge in [0, 0.05) is 19.3 Å². The van der Waals surface area contributed by atoms with E-state index in [1.807, 2.05) is 13.8 Å². The minimum atomic E-state index is -0.284. The number of anilines is 1. The molecule has 0 spiro atoms. The van der Waals surface area contributed by atoms with E-state index >= 15 is 0 Å². The van der Waals surface area contributed by atoms with E-state index in [1.165, 1.54) is 22.7 Å². The molecule has 132 valence electrons. The van der Waals surface area contributed by atoms with Crippen LogP contribution in [0.25, 0.3) is 0 Å². The van der Waals surface area contributed by atoms with E-state index in [0.717, 1.165) is 12.1 Å². The summed E-state index contributed by atoms with van der Waals surface area (Å²) in [5.74, 6) is -0.315. The van der Waals surface area contributed by atoms with Crippen LogP contribution in [0.15, 0.2) is 12.1 Å². The molecule has 0 bridgehead atoms. The summed E-state index contributed by atoms with van der Waals surface area (Å²) >= 11 is 8.23. The van der Waals surface area contributed by atoms with Crippen molar-refractivity contribution >= 4 is 56.9 Å². The SMILES string of the molecule is CC1(C)CC(=O)c2sc(NC(=O)CCC(=O)c3ccc(Cl)s3)nc2C1. The first-order valence-corrected chi connectivity index (χ1v) is 9.86. The lowest BCUT2D eigenvalue weighted by atomic mass is 9.78. The Labute approximate surface area is 158 Å². The summed E-state index contributed by atoms with van der Waals surface area (Å²) in [6.45, 7) is 4.07. The van der Waals surface area contributed by atoms with Crippen molar-refractivity contribution in [2.24, 2.45) is 5.41 Å². The number of carbonyl (C=O) groups is 3. The molecule has 0 aromatic carbocycles. The molecule has 0 aliphatic heterocycles. The van der Waals surface area contributed by atoms with Crippen molar-refractivity contribution in [2.75, 3.05) is 5.32 Å². The van der Waals surface area contributed by atoms with Gasteiger partial charge in [0.25, 0.3) is 0 Å². The van der Waals surface area contributed by atoms with Crippen LogP contribution in [0.3, 0.4) is 0 Å². The Morgan fingerprint density at radius 3 is 2.68 bits per heavy atom. The van der Waals surface area contributed by atoms with Gasteiger partial charge in [-0.1, -0.05) is 36.8 Å². The van der Waals surface area contributed by atoms with E-state index in [-0.39, 0.29) is 35.7 Å². The summed E-state index contributed by atoms with van der Waals surface area (Å²) in [5, 5.41) is 3.12. The van der Waals surface area contributed by atoms with Gasteiger partial charge in [0.1, 0.15) is 0 Å². The summed E-state index contributed by atoms with van der Waals surface area (Å²) in [7, 11) is 0. The van der Waals surface area contributed by atoms with Gasteiger partial charge in [-0.15, -0.1) is 11.3 Å². The van der Waals surface area contributed by atoms with E-state index in [9.17, 15) is 14.4 Å². The number of aromatic nitrogens is 1. The smallest absolute Gasteiger partial charge is 0.226 e. The third-order valence-corrected chi connectivity index (χ3v) is 6.24. The standard InChI is InChI=1S/C17H17ClN2O3S2/c1-17(2)7-9-15(11(22)8-17)25-16(19-9)20-14(23)6-3-10(21)12-4-5-13(18)24-12/h4-5H,3,6-8H2,1-2H3,(H,19,20,23). The van der Waals surface area contributed by atoms with Crippen LogP contribution in [0.2, 0.25) is 4.34 Å². The molecular weight excluding hydrogens is 380 g/mol. The summed E-state index contributed by atoms with van der Waals surface area (Å²) < 4.78 is 0.550. The van der Waals surface area contributed by atoms with Crippen LogP contribution in [-0.2, 0) is 11.2 Å². The molecule has 8 heteroatoms. The topological polar surface area (TPSA) is 76.1 Å². The maximum atomic E-state index is 12.2. The van der Waals surface area contributed by atoms with Crippen molar-refractivity contribution in [1.29, 1.82) is 0 Å². The number of Topliss-reactive ketones (excluding diaryl/α,β-unsaturated/α-hetero) is 2. The number of hydrogen-bond acceptors (Lipinski definition) is 6. The highest BCUT2D eigenvalue weighted by atomic mass is 35.5. The van der Waals surface area contributed by atoms with Crippen molar-refractivity contribution in [1.82, 2.24) is 4.98 Å². The normalized spacial score (nSPS) is 15.7. The number of fused-ring (bicyclic) bond motifs is 1. The number of thiazole rings is 1. The minimum absolute atomic E-state index is 0.0675. The van der Waals surface area contributed by atoms with Crippen molar-refractivity contribution in [3.8, 4) is 0 Å². The van der Waals surface area contributed by atoms with Gasteiger partial charge in [0.2, 0.25) is 5.91 Å². The summed E-state index contributed by atoms with van der Waals surface area (Å²) in [4.78, 5) is 41.8. The number of rotatable bonds is 5. The number of thiophene rings is 1. The number of ketones is 2. The Bertz CT molecular complexity index is 854. The van der Waals surface area contributed by atoms with E-state index in [2.05, 4.69) is 10.3 Å². The first-order chi connectivity index (χ1) is 11.7. The molecule has 0 radical (unpaired) electrons. The highest BCUT2D eigenvalue weighted by Gasteiger charge is 2.34. The van der Waals surface area contributed by atoms with Gasteiger partial charge in [-0.2, -0.15) is 0 Å². The van der Waals surface area contributed by atoms with E-state index < -0.39 is 0 Å². The summed E-state index contributed by atoms with van der Waals surface area (Å²) in [5.41, 5.74) is 0.652. The van der Waals surface area contributed by atoms with Crippen LogP contribution in [0.1, 0.15) is 58.1 Å². The number of nitrogens with zero attached hydrogens (tertiary/aromatic N) is 1. The molecule has 0 saturated heterocycles. The molecule has 2 aromatic rings. The molecule has 25 heavy (non-hydrogen) atoms. The molecule has 0 unspecified atom stereocenters. The van der Waals surface area contributed by atoms with E-state index in [4.69, 9.17) is 11.6 Å². The lowest BCUT2D eigenvalue weighted by molar-refractivity contribution is -0.116. The van der Waals surface area contributed by atoms with Gasteiger partial charge in [-0.05, 0) is 24.0 Å². The molecule has 2 heterocycles. The molecular formula is C17H17ClN2O3S2. The van der Waals surface area contributed by atoms with Crippen LogP contribution >= 0.6 is 34.3 Å². The maximum Gasteiger partial charge on any atom is 0.226 e. The monoisotopic (exact) mass is 396 g/mol. The highest BCUT2D eigenvalue weighted by Crippen LogP contribution is 2.38. The summed E-state index contributed by atoms with van der Waals surface area (Å²) in [6.07, 6.45) is 1.39. The molecule has 0 saturated carbocycles. The predicted molar refractivity (Wildman–Crippen MR) is 100 cm³/mol. The van der Waals surface area contributed by atoms with Crippen LogP contribution in [0, 0.1) is 5.41 Å². The Hall–Kier alpha value is -1.57. The number of halogens is 1. The van der Waals surface area contributed by atoms with E-state index in [1.54, 1.807) is 12.1 Å². The molecule has 2 aromatic heterocycles. The second-order valence-electron chi connectivity index (χ2n) is 6.81. The molecule has 3 rings (SSSR count). The highest BCUT2D eigenvalue weighted by molar-refractivity contribution is 7.18. The zero-order valence-electron chi connectivity index (χ0n) is 13.8. The van der Waals surface area contributed by atoms with Gasteiger partial charge >= 0.3 is 0 Å². The Morgan fingerprint density at radius 1 is 1.24 bits per heavy atom. The number of amides is 1. The lowest BCUT2D eigenvalue weighted by Crippen LogP contribution is -2.26. The maximum absolute atomic E-state index is 12.2. The van der Waals surface area contributed by atoms with Crippen molar-refractivity contribution in [3.05, 3.63) is 31.9 Å². The molecule has 0 atom stereocenters. The van der Waals surface area contributed by atoms with Crippen LogP contribution in [0.5, 0.6) is 0 Å². The van der Waals surface area contributed by atoms with Gasteiger partial charge in [0.05, 0.1) is 19.8 Å². The van der Waals surface area contributed by atoms with Gasteiger partial charge in [-0.25, -0.2) is 4.98 Å². The molecule has 5 nitrogen and oxygen atoms in total. The van der Waals surface area contributed by atoms with Crippen molar-refractivity contribution in [3.63, 3.8) is 0 Å². The second kappa shape index (κ2) is 6.97. The van der Waals surface area contributed by atoms with Crippen molar-refractivity contribution < 1.29 is 14.4 Å². The Balaban J connectivity index is 1.59. The third kappa shape index (κ3) is 4.34. The van der Waals surface area contributed by atoms with Crippen LogP contribution in [0.4, 0.5) is 5.13 Å². The molecule has 0 fully saturated rings. The van der Waals surface area contributed by atoms with Crippen LogP contribution in [-0.4, -0.2) is 22.5 Å². The second-order valence-corrected chi connectivity index (χ2v) is 9.53. The fraction of sp³-hybridized carbons (Fsp3) is 0.412. The average molecular weight is 397 g/mol. The minimum Gasteiger partial charge on any atom is -0.302 e. The fourth-order valence-electron chi connectivity index (χ4n) is 2.77. The Kier molecular flexibility index (Phi) is 5.09. The average Bonchev–Trinajstić information content (AvgIpc) is 3.10. The zero-order valence-corrected chi connectivity index (χ0v) is 16.2. The number of hydrogen-bond donors (Lipinski definition) is 1. The van der Waals surface area contributed by atoms with Crippen molar-refractivity contribution in [2.45, 2.75) is 39.5 Å². The largest absolute Gasteiger partial charge is 0.302 e. The zero-order chi connectivity index (χ0) is 18.2. The number of nitrogens with one attached hydrogen (secondary N) is 1. The third-order valence-electron chi connectivity index (χ3n) is 3.91. The van der Waals surface area contributed by atoms with Crippen LogP contribution < -0.4 is 5.32 Å². The predicted octanol–water partition coefficient (Wildman–Crippen LogP) is 4.61. The fourth-order valence-corrected chi connectivity index (χ4v) is 4.72. The lowest BCUT2D eigenvalue weighted by Gasteiger charge is -2.26. The van der Waals surface area contributed by atoms with Gasteiger partial charge in [-0.3, -0.25) is 14.4 Å². The summed E-state index contributed by atoms with van der Waals surface area (Å²) in [6, 6.07) is 3.33. The molecule has 1 amide bonds. The Morgan fingerprint density at radius 2 is 2.00 bits per heavy atom. The number of carbonyl (C=O) groups excluding carboxylic acids is 3.